The molecule has 0 saturated heterocycles. The van der Waals surface area contributed by atoms with Gasteiger partial charge in [0.2, 0.25) is 10.0 Å². The molecule has 0 heterocycles. The van der Waals surface area contributed by atoms with Crippen LogP contribution in [0.2, 0.25) is 5.02 Å². The van der Waals surface area contributed by atoms with Gasteiger partial charge in [-0.05, 0) is 37.5 Å². The van der Waals surface area contributed by atoms with E-state index in [1.54, 1.807) is 6.07 Å². The Labute approximate surface area is 126 Å². The molecule has 1 aromatic rings. The van der Waals surface area contributed by atoms with Gasteiger partial charge in [-0.2, -0.15) is 0 Å². The summed E-state index contributed by atoms with van der Waals surface area (Å²) in [5, 5.41) is 5.71. The second-order valence-electron chi connectivity index (χ2n) is 5.24. The van der Waals surface area contributed by atoms with Crippen LogP contribution in [-0.4, -0.2) is 20.8 Å². The van der Waals surface area contributed by atoms with E-state index in [1.807, 2.05) is 32.9 Å². The summed E-state index contributed by atoms with van der Waals surface area (Å²) in [7, 11) is -3.54. The lowest BCUT2D eigenvalue weighted by atomic mass is 9.85. The van der Waals surface area contributed by atoms with Crippen LogP contribution < -0.4 is 9.88 Å². The standard InChI is InChI=1S/C14H22ClNO3S/c1-4-14(5-2,10-20(16,17)18)9-19-13-8-11(3)6-7-12(13)15/h6-8H,4-5,9-10H2,1-3H3,(H2,16,17,18). The summed E-state index contributed by atoms with van der Waals surface area (Å²) in [6, 6.07) is 5.51. The second-order valence-corrected chi connectivity index (χ2v) is 7.26. The molecule has 0 aliphatic rings. The zero-order valence-corrected chi connectivity index (χ0v) is 13.7. The minimum absolute atomic E-state index is 0.0869. The molecular formula is C14H22ClNO3S. The van der Waals surface area contributed by atoms with Crippen molar-refractivity contribution >= 4 is 21.6 Å². The first kappa shape index (κ1) is 17.3. The highest BCUT2D eigenvalue weighted by atomic mass is 35.5. The van der Waals surface area contributed by atoms with Crippen molar-refractivity contribution in [3.63, 3.8) is 0 Å². The van der Waals surface area contributed by atoms with Crippen LogP contribution in [-0.2, 0) is 10.0 Å². The van der Waals surface area contributed by atoms with Crippen LogP contribution in [0.15, 0.2) is 18.2 Å². The summed E-state index contributed by atoms with van der Waals surface area (Å²) < 4.78 is 28.5. The Bertz CT molecular complexity index is 554. The molecule has 0 aliphatic carbocycles. The number of halogens is 1. The van der Waals surface area contributed by atoms with Gasteiger partial charge in [0.1, 0.15) is 5.75 Å². The van der Waals surface area contributed by atoms with Gasteiger partial charge in [0.05, 0.1) is 17.4 Å². The van der Waals surface area contributed by atoms with Gasteiger partial charge in [-0.1, -0.05) is 31.5 Å². The minimum Gasteiger partial charge on any atom is -0.491 e. The van der Waals surface area contributed by atoms with Gasteiger partial charge >= 0.3 is 0 Å². The number of hydrogen-bond donors (Lipinski definition) is 1. The van der Waals surface area contributed by atoms with E-state index in [0.717, 1.165) is 5.56 Å². The molecule has 0 fully saturated rings. The van der Waals surface area contributed by atoms with Crippen LogP contribution in [0.3, 0.4) is 0 Å². The average molecular weight is 320 g/mol. The van der Waals surface area contributed by atoms with E-state index in [2.05, 4.69) is 0 Å². The number of rotatable bonds is 7. The third-order valence-electron chi connectivity index (χ3n) is 3.63. The van der Waals surface area contributed by atoms with Gasteiger partial charge < -0.3 is 4.74 Å². The molecule has 0 bridgehead atoms. The lowest BCUT2D eigenvalue weighted by molar-refractivity contribution is 0.154. The van der Waals surface area contributed by atoms with E-state index in [1.165, 1.54) is 0 Å². The van der Waals surface area contributed by atoms with Crippen molar-refractivity contribution in [2.75, 3.05) is 12.4 Å². The quantitative estimate of drug-likeness (QED) is 0.839. The molecule has 114 valence electrons. The molecule has 4 nitrogen and oxygen atoms in total. The fourth-order valence-electron chi connectivity index (χ4n) is 2.08. The largest absolute Gasteiger partial charge is 0.491 e. The zero-order chi connectivity index (χ0) is 15.4. The summed E-state index contributed by atoms with van der Waals surface area (Å²) in [5.41, 5.74) is 0.551. The van der Waals surface area contributed by atoms with Crippen LogP contribution in [0.4, 0.5) is 0 Å². The highest BCUT2D eigenvalue weighted by Gasteiger charge is 2.32. The molecule has 0 aromatic heterocycles. The Morgan fingerprint density at radius 1 is 1.30 bits per heavy atom. The van der Waals surface area contributed by atoms with E-state index in [4.69, 9.17) is 21.5 Å². The van der Waals surface area contributed by atoms with Gasteiger partial charge in [0.25, 0.3) is 0 Å². The Morgan fingerprint density at radius 2 is 1.90 bits per heavy atom. The number of hydrogen-bond acceptors (Lipinski definition) is 3. The molecule has 0 amide bonds. The Balaban J connectivity index is 2.89. The Morgan fingerprint density at radius 3 is 2.40 bits per heavy atom. The van der Waals surface area contributed by atoms with Crippen LogP contribution in [0.5, 0.6) is 5.75 Å². The monoisotopic (exact) mass is 319 g/mol. The highest BCUT2D eigenvalue weighted by Crippen LogP contribution is 2.32. The predicted octanol–water partition coefficient (Wildman–Crippen LogP) is 3.12. The topological polar surface area (TPSA) is 69.4 Å². The van der Waals surface area contributed by atoms with E-state index < -0.39 is 15.4 Å². The minimum atomic E-state index is -3.54. The number of sulfonamides is 1. The summed E-state index contributed by atoms with van der Waals surface area (Å²) in [5.74, 6) is 0.489. The number of ether oxygens (including phenoxy) is 1. The SMILES string of the molecule is CCC(CC)(COc1cc(C)ccc1Cl)CS(N)(=O)=O. The number of aryl methyl sites for hydroxylation is 1. The number of benzene rings is 1. The van der Waals surface area contributed by atoms with Gasteiger partial charge in [-0.3, -0.25) is 0 Å². The summed E-state index contributed by atoms with van der Waals surface area (Å²) in [6.07, 6.45) is 1.34. The summed E-state index contributed by atoms with van der Waals surface area (Å²) in [4.78, 5) is 0. The van der Waals surface area contributed by atoms with Gasteiger partial charge in [-0.25, -0.2) is 13.6 Å². The molecular weight excluding hydrogens is 298 g/mol. The van der Waals surface area contributed by atoms with Crippen LogP contribution in [0.25, 0.3) is 0 Å². The smallest absolute Gasteiger partial charge is 0.209 e. The fraction of sp³-hybridized carbons (Fsp3) is 0.571. The van der Waals surface area contributed by atoms with Crippen LogP contribution >= 0.6 is 11.6 Å². The normalized spacial score (nSPS) is 12.4. The molecule has 2 N–H and O–H groups in total. The maximum atomic E-state index is 11.4. The molecule has 0 aliphatic heterocycles. The molecule has 0 saturated carbocycles. The second kappa shape index (κ2) is 6.78. The molecule has 6 heteroatoms. The van der Waals surface area contributed by atoms with Crippen molar-refractivity contribution in [1.82, 2.24) is 0 Å². The zero-order valence-electron chi connectivity index (χ0n) is 12.1. The fourth-order valence-corrected chi connectivity index (χ4v) is 3.60. The molecule has 0 unspecified atom stereocenters. The van der Waals surface area contributed by atoms with Crippen LogP contribution in [0.1, 0.15) is 32.3 Å². The molecule has 1 aromatic carbocycles. The van der Waals surface area contributed by atoms with E-state index in [0.29, 0.717) is 23.6 Å². The Hall–Kier alpha value is -0.780. The maximum Gasteiger partial charge on any atom is 0.209 e. The van der Waals surface area contributed by atoms with Crippen LogP contribution in [0, 0.1) is 12.3 Å². The molecule has 0 atom stereocenters. The van der Waals surface area contributed by atoms with Gasteiger partial charge in [-0.15, -0.1) is 0 Å². The predicted molar refractivity (Wildman–Crippen MR) is 82.7 cm³/mol. The van der Waals surface area contributed by atoms with Crippen molar-refractivity contribution in [2.45, 2.75) is 33.6 Å². The maximum absolute atomic E-state index is 11.4. The van der Waals surface area contributed by atoms with Crippen molar-refractivity contribution in [3.05, 3.63) is 28.8 Å². The molecule has 1 rings (SSSR count). The summed E-state index contributed by atoms with van der Waals surface area (Å²) in [6.45, 7) is 6.10. The number of nitrogens with two attached hydrogens (primary N) is 1. The molecule has 0 radical (unpaired) electrons. The first-order chi connectivity index (χ1) is 9.21. The molecule has 20 heavy (non-hydrogen) atoms. The third kappa shape index (κ3) is 4.96. The highest BCUT2D eigenvalue weighted by molar-refractivity contribution is 7.89. The van der Waals surface area contributed by atoms with Gasteiger partial charge in [0.15, 0.2) is 0 Å². The lowest BCUT2D eigenvalue weighted by Gasteiger charge is -2.30. The molecule has 0 spiro atoms. The summed E-state index contributed by atoms with van der Waals surface area (Å²) >= 11 is 6.08. The first-order valence-electron chi connectivity index (χ1n) is 6.61. The van der Waals surface area contributed by atoms with Crippen molar-refractivity contribution in [3.8, 4) is 5.75 Å². The van der Waals surface area contributed by atoms with E-state index >= 15 is 0 Å². The van der Waals surface area contributed by atoms with E-state index in [-0.39, 0.29) is 12.4 Å². The average Bonchev–Trinajstić information content (AvgIpc) is 2.37. The lowest BCUT2D eigenvalue weighted by Crippen LogP contribution is -2.37. The Kier molecular flexibility index (Phi) is 5.86. The van der Waals surface area contributed by atoms with Gasteiger partial charge in [0, 0.05) is 5.41 Å². The number of primary sulfonamides is 1. The van der Waals surface area contributed by atoms with Crippen molar-refractivity contribution < 1.29 is 13.2 Å². The van der Waals surface area contributed by atoms with E-state index in [9.17, 15) is 8.42 Å². The third-order valence-corrected chi connectivity index (χ3v) is 4.95. The van der Waals surface area contributed by atoms with Crippen molar-refractivity contribution in [1.29, 1.82) is 0 Å². The van der Waals surface area contributed by atoms with Crippen molar-refractivity contribution in [2.24, 2.45) is 10.6 Å². The first-order valence-corrected chi connectivity index (χ1v) is 8.70.